The zero-order chi connectivity index (χ0) is 9.84. The van der Waals surface area contributed by atoms with E-state index in [4.69, 9.17) is 11.6 Å². The van der Waals surface area contributed by atoms with Gasteiger partial charge in [0.05, 0.1) is 0 Å². The topological polar surface area (TPSA) is 29.1 Å². The quantitative estimate of drug-likeness (QED) is 0.660. The van der Waals surface area contributed by atoms with Crippen LogP contribution in [0.15, 0.2) is 24.3 Å². The van der Waals surface area contributed by atoms with E-state index in [1.807, 2.05) is 24.3 Å². The minimum Gasteiger partial charge on any atom is -0.325 e. The Morgan fingerprint density at radius 1 is 1.46 bits per heavy atom. The molecule has 0 aliphatic carbocycles. The van der Waals surface area contributed by atoms with Crippen molar-refractivity contribution in [3.63, 3.8) is 0 Å². The van der Waals surface area contributed by atoms with Gasteiger partial charge in [0.15, 0.2) is 0 Å². The lowest BCUT2D eigenvalue weighted by molar-refractivity contribution is -0.115. The SMILES string of the molecule is C[C@@H](Cl)C(=O)Nc1ccc(I)cc1. The Kier molecular flexibility index (Phi) is 3.99. The number of hydrogen-bond acceptors (Lipinski definition) is 1. The van der Waals surface area contributed by atoms with Crippen molar-refractivity contribution in [1.29, 1.82) is 0 Å². The highest BCUT2D eigenvalue weighted by Gasteiger charge is 2.08. The first-order valence-corrected chi connectivity index (χ1v) is 5.31. The van der Waals surface area contributed by atoms with Gasteiger partial charge >= 0.3 is 0 Å². The fraction of sp³-hybridized carbons (Fsp3) is 0.222. The predicted molar refractivity (Wildman–Crippen MR) is 63.1 cm³/mol. The number of anilines is 1. The lowest BCUT2D eigenvalue weighted by Crippen LogP contribution is -2.20. The van der Waals surface area contributed by atoms with Crippen molar-refractivity contribution in [2.24, 2.45) is 0 Å². The van der Waals surface area contributed by atoms with Crippen LogP contribution in [-0.4, -0.2) is 11.3 Å². The molecule has 0 heterocycles. The van der Waals surface area contributed by atoms with Gasteiger partial charge < -0.3 is 5.32 Å². The first kappa shape index (κ1) is 10.8. The number of carbonyl (C=O) groups is 1. The van der Waals surface area contributed by atoms with E-state index in [1.54, 1.807) is 6.92 Å². The monoisotopic (exact) mass is 309 g/mol. The van der Waals surface area contributed by atoms with Crippen LogP contribution in [-0.2, 0) is 4.79 Å². The minimum absolute atomic E-state index is 0.178. The molecule has 0 saturated heterocycles. The normalized spacial score (nSPS) is 12.2. The molecule has 70 valence electrons. The van der Waals surface area contributed by atoms with E-state index in [2.05, 4.69) is 27.9 Å². The molecule has 0 saturated carbocycles. The van der Waals surface area contributed by atoms with Crippen LogP contribution in [0.5, 0.6) is 0 Å². The fourth-order valence-electron chi connectivity index (χ4n) is 0.775. The summed E-state index contributed by atoms with van der Waals surface area (Å²) in [6.45, 7) is 1.64. The van der Waals surface area contributed by atoms with Crippen LogP contribution in [0.1, 0.15) is 6.92 Å². The van der Waals surface area contributed by atoms with Crippen LogP contribution in [0.25, 0.3) is 0 Å². The fourth-order valence-corrected chi connectivity index (χ4v) is 1.19. The molecule has 0 spiro atoms. The molecule has 0 fully saturated rings. The number of carbonyl (C=O) groups excluding carboxylic acids is 1. The van der Waals surface area contributed by atoms with Crippen LogP contribution in [0.2, 0.25) is 0 Å². The number of benzene rings is 1. The predicted octanol–water partition coefficient (Wildman–Crippen LogP) is 2.86. The van der Waals surface area contributed by atoms with Crippen LogP contribution in [0, 0.1) is 3.57 Å². The highest BCUT2D eigenvalue weighted by atomic mass is 127. The van der Waals surface area contributed by atoms with Crippen molar-refractivity contribution in [3.8, 4) is 0 Å². The van der Waals surface area contributed by atoms with E-state index in [0.717, 1.165) is 9.26 Å². The van der Waals surface area contributed by atoms with E-state index in [0.29, 0.717) is 0 Å². The molecule has 1 rings (SSSR count). The third-order valence-electron chi connectivity index (χ3n) is 1.47. The molecule has 0 bridgehead atoms. The summed E-state index contributed by atoms with van der Waals surface area (Å²) in [7, 11) is 0. The van der Waals surface area contributed by atoms with Crippen molar-refractivity contribution >= 4 is 45.8 Å². The molecule has 0 aliphatic heterocycles. The molecular formula is C9H9ClINO. The molecule has 13 heavy (non-hydrogen) atoms. The Balaban J connectivity index is 2.65. The van der Waals surface area contributed by atoms with E-state index in [9.17, 15) is 4.79 Å². The Labute approximate surface area is 95.8 Å². The Bertz CT molecular complexity index is 297. The van der Waals surface area contributed by atoms with Crippen molar-refractivity contribution in [2.75, 3.05) is 5.32 Å². The first-order valence-electron chi connectivity index (χ1n) is 3.80. The van der Waals surface area contributed by atoms with Gasteiger partial charge in [0, 0.05) is 9.26 Å². The lowest BCUT2D eigenvalue weighted by Gasteiger charge is -2.05. The van der Waals surface area contributed by atoms with Gasteiger partial charge in [-0.2, -0.15) is 0 Å². The minimum atomic E-state index is -0.501. The second kappa shape index (κ2) is 4.81. The van der Waals surface area contributed by atoms with Crippen LogP contribution in [0.3, 0.4) is 0 Å². The first-order chi connectivity index (χ1) is 6.09. The van der Waals surface area contributed by atoms with Gasteiger partial charge in [-0.15, -0.1) is 11.6 Å². The van der Waals surface area contributed by atoms with Crippen molar-refractivity contribution < 1.29 is 4.79 Å². The molecule has 0 unspecified atom stereocenters. The lowest BCUT2D eigenvalue weighted by atomic mass is 10.3. The molecular weight excluding hydrogens is 300 g/mol. The molecule has 0 aliphatic rings. The number of amides is 1. The van der Waals surface area contributed by atoms with Crippen LogP contribution >= 0.6 is 34.2 Å². The summed E-state index contributed by atoms with van der Waals surface area (Å²) in [5.74, 6) is -0.178. The second-order valence-electron chi connectivity index (χ2n) is 2.61. The van der Waals surface area contributed by atoms with E-state index in [-0.39, 0.29) is 5.91 Å². The maximum Gasteiger partial charge on any atom is 0.242 e. The molecule has 1 aromatic rings. The molecule has 1 N–H and O–H groups in total. The van der Waals surface area contributed by atoms with Crippen molar-refractivity contribution in [1.82, 2.24) is 0 Å². The Morgan fingerprint density at radius 2 is 2.00 bits per heavy atom. The van der Waals surface area contributed by atoms with Crippen molar-refractivity contribution in [2.45, 2.75) is 12.3 Å². The standard InChI is InChI=1S/C9H9ClINO/c1-6(10)9(13)12-8-4-2-7(11)3-5-8/h2-6H,1H3,(H,12,13)/t6-/m1/s1. The maximum atomic E-state index is 11.2. The van der Waals surface area contributed by atoms with Crippen LogP contribution < -0.4 is 5.32 Å². The van der Waals surface area contributed by atoms with Gasteiger partial charge in [-0.25, -0.2) is 0 Å². The zero-order valence-corrected chi connectivity index (χ0v) is 9.96. The maximum absolute atomic E-state index is 11.2. The third kappa shape index (κ3) is 3.52. The summed E-state index contributed by atoms with van der Waals surface area (Å²) >= 11 is 7.80. The summed E-state index contributed by atoms with van der Waals surface area (Å²) in [5.41, 5.74) is 0.776. The van der Waals surface area contributed by atoms with E-state index >= 15 is 0 Å². The number of nitrogens with one attached hydrogen (secondary N) is 1. The number of alkyl halides is 1. The van der Waals surface area contributed by atoms with Gasteiger partial charge in [-0.3, -0.25) is 4.79 Å². The average Bonchev–Trinajstić information content (AvgIpc) is 2.08. The van der Waals surface area contributed by atoms with Crippen LogP contribution in [0.4, 0.5) is 5.69 Å². The van der Waals surface area contributed by atoms with E-state index < -0.39 is 5.38 Å². The highest BCUT2D eigenvalue weighted by Crippen LogP contribution is 2.11. The molecule has 2 nitrogen and oxygen atoms in total. The summed E-state index contributed by atoms with van der Waals surface area (Å²) in [6.07, 6.45) is 0. The average molecular weight is 310 g/mol. The van der Waals surface area contributed by atoms with E-state index in [1.165, 1.54) is 0 Å². The summed E-state index contributed by atoms with van der Waals surface area (Å²) in [4.78, 5) is 11.2. The molecule has 1 amide bonds. The Hall–Kier alpha value is -0.290. The summed E-state index contributed by atoms with van der Waals surface area (Å²) < 4.78 is 1.13. The second-order valence-corrected chi connectivity index (χ2v) is 4.51. The number of rotatable bonds is 2. The molecule has 0 aromatic heterocycles. The summed E-state index contributed by atoms with van der Waals surface area (Å²) in [6, 6.07) is 7.54. The molecule has 1 aromatic carbocycles. The van der Waals surface area contributed by atoms with Crippen molar-refractivity contribution in [3.05, 3.63) is 27.8 Å². The molecule has 0 radical (unpaired) electrons. The smallest absolute Gasteiger partial charge is 0.242 e. The largest absolute Gasteiger partial charge is 0.325 e. The highest BCUT2D eigenvalue weighted by molar-refractivity contribution is 14.1. The molecule has 1 atom stereocenters. The Morgan fingerprint density at radius 3 is 2.46 bits per heavy atom. The summed E-state index contributed by atoms with van der Waals surface area (Å²) in [5, 5.41) is 2.19. The van der Waals surface area contributed by atoms with Gasteiger partial charge in [0.2, 0.25) is 5.91 Å². The van der Waals surface area contributed by atoms with Gasteiger partial charge in [-0.1, -0.05) is 0 Å². The zero-order valence-electron chi connectivity index (χ0n) is 7.05. The number of hydrogen-bond donors (Lipinski definition) is 1. The number of halogens is 2. The van der Waals surface area contributed by atoms with Gasteiger partial charge in [0.25, 0.3) is 0 Å². The molecule has 4 heteroatoms. The van der Waals surface area contributed by atoms with Gasteiger partial charge in [0.1, 0.15) is 5.38 Å². The third-order valence-corrected chi connectivity index (χ3v) is 2.39. The van der Waals surface area contributed by atoms with Gasteiger partial charge in [-0.05, 0) is 53.8 Å².